The lowest BCUT2D eigenvalue weighted by Gasteiger charge is -2.07. The van der Waals surface area contributed by atoms with Gasteiger partial charge in [0.1, 0.15) is 0 Å². The first-order valence-electron chi connectivity index (χ1n) is 6.72. The fourth-order valence-electron chi connectivity index (χ4n) is 1.90. The van der Waals surface area contributed by atoms with Crippen molar-refractivity contribution in [2.75, 3.05) is 6.54 Å². The van der Waals surface area contributed by atoms with Gasteiger partial charge in [-0.3, -0.25) is 4.98 Å². The molecule has 2 aromatic rings. The predicted molar refractivity (Wildman–Crippen MR) is 83.8 cm³/mol. The number of benzene rings is 1. The summed E-state index contributed by atoms with van der Waals surface area (Å²) >= 11 is 5.75. The topological polar surface area (TPSA) is 59.1 Å². The molecule has 112 valence electrons. The zero-order valence-corrected chi connectivity index (χ0v) is 13.1. The molecule has 21 heavy (non-hydrogen) atoms. The van der Waals surface area contributed by atoms with Gasteiger partial charge >= 0.3 is 0 Å². The maximum Gasteiger partial charge on any atom is 0.240 e. The van der Waals surface area contributed by atoms with Crippen LogP contribution in [0.1, 0.15) is 18.4 Å². The van der Waals surface area contributed by atoms with E-state index in [1.165, 1.54) is 12.1 Å². The van der Waals surface area contributed by atoms with Gasteiger partial charge < -0.3 is 0 Å². The molecule has 0 bridgehead atoms. The molecule has 0 aliphatic carbocycles. The Morgan fingerprint density at radius 2 is 1.86 bits per heavy atom. The van der Waals surface area contributed by atoms with Crippen molar-refractivity contribution in [3.63, 3.8) is 0 Å². The van der Waals surface area contributed by atoms with Gasteiger partial charge in [-0.15, -0.1) is 0 Å². The number of nitrogens with one attached hydrogen (secondary N) is 1. The smallest absolute Gasteiger partial charge is 0.240 e. The number of aryl methyl sites for hydroxylation is 1. The molecule has 0 atom stereocenters. The molecule has 0 radical (unpaired) electrons. The van der Waals surface area contributed by atoms with Crippen molar-refractivity contribution in [1.29, 1.82) is 0 Å². The molecule has 0 aliphatic rings. The second-order valence-electron chi connectivity index (χ2n) is 4.67. The molecule has 0 aliphatic heterocycles. The van der Waals surface area contributed by atoms with Gasteiger partial charge in [0.05, 0.1) is 4.90 Å². The molecule has 0 amide bonds. The van der Waals surface area contributed by atoms with Gasteiger partial charge in [0.2, 0.25) is 10.0 Å². The third kappa shape index (κ3) is 5.12. The van der Waals surface area contributed by atoms with Crippen LogP contribution in [0.15, 0.2) is 53.7 Å². The highest BCUT2D eigenvalue weighted by Crippen LogP contribution is 2.13. The Kier molecular flexibility index (Phi) is 5.73. The summed E-state index contributed by atoms with van der Waals surface area (Å²) < 4.78 is 26.6. The molecule has 1 heterocycles. The van der Waals surface area contributed by atoms with Gasteiger partial charge in [-0.1, -0.05) is 17.7 Å². The average molecular weight is 325 g/mol. The maximum absolute atomic E-state index is 12.0. The van der Waals surface area contributed by atoms with Gasteiger partial charge in [0.15, 0.2) is 0 Å². The van der Waals surface area contributed by atoms with Crippen LogP contribution in [-0.4, -0.2) is 19.9 Å². The van der Waals surface area contributed by atoms with Crippen molar-refractivity contribution >= 4 is 21.6 Å². The Morgan fingerprint density at radius 1 is 1.10 bits per heavy atom. The molecule has 0 saturated heterocycles. The van der Waals surface area contributed by atoms with E-state index in [1.54, 1.807) is 18.3 Å². The average Bonchev–Trinajstić information content (AvgIpc) is 2.48. The summed E-state index contributed by atoms with van der Waals surface area (Å²) in [4.78, 5) is 4.28. The van der Waals surface area contributed by atoms with Crippen LogP contribution in [0.5, 0.6) is 0 Å². The van der Waals surface area contributed by atoms with Crippen molar-refractivity contribution in [3.8, 4) is 0 Å². The number of sulfonamides is 1. The summed E-state index contributed by atoms with van der Waals surface area (Å²) in [6, 6.07) is 10.1. The quantitative estimate of drug-likeness (QED) is 0.796. The van der Waals surface area contributed by atoms with Crippen LogP contribution in [0, 0.1) is 0 Å². The molecule has 0 saturated carbocycles. The van der Waals surface area contributed by atoms with Crippen molar-refractivity contribution in [3.05, 3.63) is 59.4 Å². The number of hydrogen-bond acceptors (Lipinski definition) is 3. The Bertz CT molecular complexity index is 658. The van der Waals surface area contributed by atoms with Crippen molar-refractivity contribution < 1.29 is 8.42 Å². The zero-order valence-electron chi connectivity index (χ0n) is 11.5. The number of hydrogen-bond donors (Lipinski definition) is 1. The molecule has 1 aromatic heterocycles. The molecule has 1 N–H and O–H groups in total. The van der Waals surface area contributed by atoms with Crippen LogP contribution in [0.4, 0.5) is 0 Å². The molecule has 4 nitrogen and oxygen atoms in total. The normalized spacial score (nSPS) is 11.5. The van der Waals surface area contributed by atoms with Gasteiger partial charge in [0.25, 0.3) is 0 Å². The number of nitrogens with zero attached hydrogens (tertiary/aromatic N) is 1. The lowest BCUT2D eigenvalue weighted by molar-refractivity contribution is 0.576. The number of halogens is 1. The van der Waals surface area contributed by atoms with E-state index in [0.717, 1.165) is 24.8 Å². The largest absolute Gasteiger partial charge is 0.264 e. The fraction of sp³-hybridized carbons (Fsp3) is 0.267. The van der Waals surface area contributed by atoms with Crippen molar-refractivity contribution in [2.24, 2.45) is 0 Å². The highest BCUT2D eigenvalue weighted by Gasteiger charge is 2.12. The zero-order chi connectivity index (χ0) is 15.1. The van der Waals surface area contributed by atoms with E-state index in [-0.39, 0.29) is 4.90 Å². The van der Waals surface area contributed by atoms with Gasteiger partial charge in [0, 0.05) is 24.0 Å². The van der Waals surface area contributed by atoms with Gasteiger partial charge in [-0.25, -0.2) is 13.1 Å². The van der Waals surface area contributed by atoms with E-state index in [1.807, 2.05) is 18.3 Å². The first-order chi connectivity index (χ1) is 10.1. The summed E-state index contributed by atoms with van der Waals surface area (Å²) in [5.41, 5.74) is 1.16. The monoisotopic (exact) mass is 324 g/mol. The third-order valence-electron chi connectivity index (χ3n) is 3.03. The molecular weight excluding hydrogens is 308 g/mol. The second kappa shape index (κ2) is 7.54. The SMILES string of the molecule is O=S(=O)(NCCCCc1cccnc1)c1ccc(Cl)cc1. The highest BCUT2D eigenvalue weighted by molar-refractivity contribution is 7.89. The number of pyridine rings is 1. The summed E-state index contributed by atoms with van der Waals surface area (Å²) in [5, 5.41) is 0.519. The van der Waals surface area contributed by atoms with Crippen LogP contribution >= 0.6 is 11.6 Å². The van der Waals surface area contributed by atoms with Gasteiger partial charge in [-0.05, 0) is 55.2 Å². The highest BCUT2D eigenvalue weighted by atomic mass is 35.5. The second-order valence-corrected chi connectivity index (χ2v) is 6.87. The van der Waals surface area contributed by atoms with Crippen LogP contribution in [0.3, 0.4) is 0 Å². The Hall–Kier alpha value is -1.43. The van der Waals surface area contributed by atoms with E-state index < -0.39 is 10.0 Å². The standard InChI is InChI=1S/C15H17ClN2O2S/c16-14-6-8-15(9-7-14)21(19,20)18-11-2-1-4-13-5-3-10-17-12-13/h3,5-10,12,18H,1-2,4,11H2. The van der Waals surface area contributed by atoms with E-state index >= 15 is 0 Å². The first kappa shape index (κ1) is 15.9. The fourth-order valence-corrected chi connectivity index (χ4v) is 3.10. The Morgan fingerprint density at radius 3 is 2.52 bits per heavy atom. The minimum atomic E-state index is -3.44. The molecular formula is C15H17ClN2O2S. The molecule has 0 fully saturated rings. The van der Waals surface area contributed by atoms with Gasteiger partial charge in [-0.2, -0.15) is 0 Å². The van der Waals surface area contributed by atoms with E-state index in [9.17, 15) is 8.42 Å². The molecule has 6 heteroatoms. The number of unbranched alkanes of at least 4 members (excludes halogenated alkanes) is 1. The lowest BCUT2D eigenvalue weighted by atomic mass is 10.1. The molecule has 0 unspecified atom stereocenters. The maximum atomic E-state index is 12.0. The predicted octanol–water partition coefficient (Wildman–Crippen LogP) is 3.04. The minimum Gasteiger partial charge on any atom is -0.264 e. The summed E-state index contributed by atoms with van der Waals surface area (Å²) in [6.07, 6.45) is 6.16. The molecule has 0 spiro atoms. The molecule has 2 rings (SSSR count). The van der Waals surface area contributed by atoms with Crippen molar-refractivity contribution in [1.82, 2.24) is 9.71 Å². The van der Waals surface area contributed by atoms with E-state index in [0.29, 0.717) is 11.6 Å². The molecule has 1 aromatic carbocycles. The van der Waals surface area contributed by atoms with E-state index in [4.69, 9.17) is 11.6 Å². The van der Waals surface area contributed by atoms with Crippen LogP contribution in [0.2, 0.25) is 5.02 Å². The first-order valence-corrected chi connectivity index (χ1v) is 8.58. The van der Waals surface area contributed by atoms with Crippen LogP contribution < -0.4 is 4.72 Å². The van der Waals surface area contributed by atoms with Crippen LogP contribution in [0.25, 0.3) is 0 Å². The Labute approximate surface area is 130 Å². The van der Waals surface area contributed by atoms with Crippen LogP contribution in [-0.2, 0) is 16.4 Å². The summed E-state index contributed by atoms with van der Waals surface area (Å²) in [5.74, 6) is 0. The summed E-state index contributed by atoms with van der Waals surface area (Å²) in [7, 11) is -3.44. The third-order valence-corrected chi connectivity index (χ3v) is 4.76. The van der Waals surface area contributed by atoms with E-state index in [2.05, 4.69) is 9.71 Å². The minimum absolute atomic E-state index is 0.235. The number of aromatic nitrogens is 1. The van der Waals surface area contributed by atoms with Crippen molar-refractivity contribution in [2.45, 2.75) is 24.2 Å². The summed E-state index contributed by atoms with van der Waals surface area (Å²) in [6.45, 7) is 0.422. The number of rotatable bonds is 7. The Balaban J connectivity index is 1.76. The lowest BCUT2D eigenvalue weighted by Crippen LogP contribution is -2.24.